The number of hydrogen-bond acceptors (Lipinski definition) is 6. The molecular formula is C24H16N2NaO6S2. The van der Waals surface area contributed by atoms with E-state index in [1.807, 2.05) is 24.3 Å². The van der Waals surface area contributed by atoms with Gasteiger partial charge in [-0.1, -0.05) is 36.4 Å². The van der Waals surface area contributed by atoms with Crippen LogP contribution in [0.1, 0.15) is 0 Å². The molecule has 2 N–H and O–H groups in total. The zero-order chi connectivity index (χ0) is 24.1. The van der Waals surface area contributed by atoms with E-state index in [0.717, 1.165) is 33.0 Å². The standard InChI is InChI=1S/C24H16N2O6S2.Na/c27-33(28,29)17-5-1-15(2-6-17)19-11-13-25-23-21(19)9-10-22-20(12-14-26-24(22)23)16-3-7-18(8-4-16)34(30,31)32;/h1-14H,(H,27,28,29)(H,30,31,32);. The van der Waals surface area contributed by atoms with Crippen LogP contribution in [-0.4, -0.2) is 65.5 Å². The molecule has 35 heavy (non-hydrogen) atoms. The van der Waals surface area contributed by atoms with Gasteiger partial charge < -0.3 is 0 Å². The second-order valence-electron chi connectivity index (χ2n) is 7.57. The molecule has 171 valence electrons. The zero-order valence-electron chi connectivity index (χ0n) is 18.3. The van der Waals surface area contributed by atoms with Crippen LogP contribution in [0, 0.1) is 0 Å². The van der Waals surface area contributed by atoms with Crippen molar-refractivity contribution in [2.45, 2.75) is 9.79 Å². The smallest absolute Gasteiger partial charge is 0.282 e. The monoisotopic (exact) mass is 515 g/mol. The second kappa shape index (κ2) is 9.40. The van der Waals surface area contributed by atoms with E-state index >= 15 is 0 Å². The Bertz CT molecular complexity index is 1650. The Morgan fingerprint density at radius 3 is 1.17 bits per heavy atom. The van der Waals surface area contributed by atoms with Gasteiger partial charge in [-0.05, 0) is 58.7 Å². The fraction of sp³-hybridized carbons (Fsp3) is 0. The van der Waals surface area contributed by atoms with Gasteiger partial charge in [0.25, 0.3) is 20.2 Å². The van der Waals surface area contributed by atoms with E-state index in [0.29, 0.717) is 11.0 Å². The molecule has 0 bridgehead atoms. The van der Waals surface area contributed by atoms with Crippen molar-refractivity contribution in [2.75, 3.05) is 0 Å². The molecule has 2 heterocycles. The zero-order valence-corrected chi connectivity index (χ0v) is 22.0. The van der Waals surface area contributed by atoms with Crippen molar-refractivity contribution in [1.29, 1.82) is 0 Å². The van der Waals surface area contributed by atoms with Gasteiger partial charge in [-0.2, -0.15) is 16.8 Å². The third-order valence-corrected chi connectivity index (χ3v) is 7.28. The third kappa shape index (κ3) is 4.87. The summed E-state index contributed by atoms with van der Waals surface area (Å²) < 4.78 is 63.9. The molecule has 0 aliphatic heterocycles. The summed E-state index contributed by atoms with van der Waals surface area (Å²) in [7, 11) is -8.57. The first-order valence-electron chi connectivity index (χ1n) is 9.95. The van der Waals surface area contributed by atoms with Crippen LogP contribution in [0.2, 0.25) is 0 Å². The molecule has 0 unspecified atom stereocenters. The number of hydrogen-bond donors (Lipinski definition) is 2. The molecule has 0 spiro atoms. The van der Waals surface area contributed by atoms with Crippen molar-refractivity contribution < 1.29 is 25.9 Å². The number of nitrogens with zero attached hydrogens (tertiary/aromatic N) is 2. The SMILES string of the molecule is O=S(=O)(O)c1ccc(-c2ccnc3c2ccc2c(-c4ccc(S(=O)(=O)O)cc4)ccnc23)cc1.[Na]. The number of rotatable bonds is 4. The van der Waals surface area contributed by atoms with Crippen LogP contribution in [0.4, 0.5) is 0 Å². The Hall–Kier alpha value is -2.70. The predicted molar refractivity (Wildman–Crippen MR) is 133 cm³/mol. The summed E-state index contributed by atoms with van der Waals surface area (Å²) in [4.78, 5) is 8.67. The molecule has 8 nitrogen and oxygen atoms in total. The first-order chi connectivity index (χ1) is 16.1. The summed E-state index contributed by atoms with van der Waals surface area (Å²) in [6, 6.07) is 19.2. The Morgan fingerprint density at radius 2 is 0.857 bits per heavy atom. The fourth-order valence-corrected chi connectivity index (χ4v) is 4.90. The molecule has 0 atom stereocenters. The maximum absolute atomic E-state index is 11.4. The second-order valence-corrected chi connectivity index (χ2v) is 10.4. The van der Waals surface area contributed by atoms with E-state index in [4.69, 9.17) is 0 Å². The van der Waals surface area contributed by atoms with Gasteiger partial charge in [0, 0.05) is 52.7 Å². The third-order valence-electron chi connectivity index (χ3n) is 5.55. The number of aromatic nitrogens is 2. The van der Waals surface area contributed by atoms with Gasteiger partial charge >= 0.3 is 0 Å². The number of pyridine rings is 2. The van der Waals surface area contributed by atoms with Crippen molar-refractivity contribution in [1.82, 2.24) is 9.97 Å². The van der Waals surface area contributed by atoms with E-state index in [2.05, 4.69) is 9.97 Å². The van der Waals surface area contributed by atoms with Crippen LogP contribution >= 0.6 is 0 Å². The molecule has 0 aliphatic rings. The van der Waals surface area contributed by atoms with E-state index in [9.17, 15) is 25.9 Å². The Morgan fingerprint density at radius 1 is 0.514 bits per heavy atom. The molecule has 5 rings (SSSR count). The summed E-state index contributed by atoms with van der Waals surface area (Å²) >= 11 is 0. The first-order valence-corrected chi connectivity index (χ1v) is 12.8. The summed E-state index contributed by atoms with van der Waals surface area (Å²) in [5, 5.41) is 1.61. The maximum Gasteiger partial charge on any atom is 0.294 e. The van der Waals surface area contributed by atoms with Crippen molar-refractivity contribution in [3.05, 3.63) is 85.2 Å². The molecule has 2 aromatic heterocycles. The molecule has 0 fully saturated rings. The Labute approximate surface area is 223 Å². The van der Waals surface area contributed by atoms with Crippen LogP contribution in [0.5, 0.6) is 0 Å². The molecular weight excluding hydrogens is 499 g/mol. The van der Waals surface area contributed by atoms with Gasteiger partial charge in [-0.15, -0.1) is 0 Å². The van der Waals surface area contributed by atoms with Gasteiger partial charge in [0.05, 0.1) is 20.8 Å². The van der Waals surface area contributed by atoms with E-state index < -0.39 is 20.2 Å². The maximum atomic E-state index is 11.4. The van der Waals surface area contributed by atoms with Gasteiger partial charge in [0.1, 0.15) is 0 Å². The molecule has 1 radical (unpaired) electrons. The van der Waals surface area contributed by atoms with E-state index in [1.165, 1.54) is 24.3 Å². The van der Waals surface area contributed by atoms with Crippen molar-refractivity contribution in [3.8, 4) is 22.3 Å². The Kier molecular flexibility index (Phi) is 6.82. The van der Waals surface area contributed by atoms with Crippen molar-refractivity contribution in [3.63, 3.8) is 0 Å². The minimum Gasteiger partial charge on any atom is -0.282 e. The van der Waals surface area contributed by atoms with Crippen LogP contribution in [0.3, 0.4) is 0 Å². The van der Waals surface area contributed by atoms with Crippen LogP contribution < -0.4 is 0 Å². The number of fused-ring (bicyclic) bond motifs is 3. The van der Waals surface area contributed by atoms with Gasteiger partial charge in [0.15, 0.2) is 0 Å². The summed E-state index contributed by atoms with van der Waals surface area (Å²) in [6.45, 7) is 0. The predicted octanol–water partition coefficient (Wildman–Crippen LogP) is 4.23. The van der Waals surface area contributed by atoms with Gasteiger partial charge in [0.2, 0.25) is 0 Å². The molecule has 0 aliphatic carbocycles. The molecule has 5 aromatic rings. The first kappa shape index (κ1) is 25.4. The average molecular weight is 516 g/mol. The minimum absolute atomic E-state index is 0. The fourth-order valence-electron chi connectivity index (χ4n) is 3.94. The Balaban J connectivity index is 0.00000289. The molecule has 0 saturated heterocycles. The van der Waals surface area contributed by atoms with Crippen molar-refractivity contribution in [2.24, 2.45) is 0 Å². The van der Waals surface area contributed by atoms with Crippen molar-refractivity contribution >= 4 is 71.6 Å². The van der Waals surface area contributed by atoms with Gasteiger partial charge in [-0.3, -0.25) is 19.1 Å². The number of benzene rings is 3. The molecule has 3 aromatic carbocycles. The van der Waals surface area contributed by atoms with E-state index in [1.54, 1.807) is 36.7 Å². The molecule has 0 saturated carbocycles. The molecule has 0 amide bonds. The van der Waals surface area contributed by atoms with E-state index in [-0.39, 0.29) is 39.3 Å². The summed E-state index contributed by atoms with van der Waals surface area (Å²) in [5.74, 6) is 0. The normalized spacial score (nSPS) is 11.9. The minimum atomic E-state index is -4.28. The topological polar surface area (TPSA) is 135 Å². The summed E-state index contributed by atoms with van der Waals surface area (Å²) in [5.41, 5.74) is 4.42. The van der Waals surface area contributed by atoms with Crippen LogP contribution in [0.15, 0.2) is 95.0 Å². The van der Waals surface area contributed by atoms with Crippen LogP contribution in [0.25, 0.3) is 44.1 Å². The molecule has 11 heteroatoms. The van der Waals surface area contributed by atoms with Gasteiger partial charge in [-0.25, -0.2) is 0 Å². The quantitative estimate of drug-likeness (QED) is 0.206. The largest absolute Gasteiger partial charge is 0.294 e. The average Bonchev–Trinajstić information content (AvgIpc) is 2.82. The van der Waals surface area contributed by atoms with Crippen LogP contribution in [-0.2, 0) is 20.2 Å². The summed E-state index contributed by atoms with van der Waals surface area (Å²) in [6.07, 6.45) is 3.28.